The Balaban J connectivity index is 1.54. The number of hydrazone groups is 1. The number of hydrogen-bond donors (Lipinski definition) is 1. The first kappa shape index (κ1) is 24.1. The summed E-state index contributed by atoms with van der Waals surface area (Å²) in [5.41, 5.74) is 3.94. The lowest BCUT2D eigenvalue weighted by atomic mass is 10.2. The van der Waals surface area contributed by atoms with Crippen molar-refractivity contribution in [2.24, 2.45) is 5.10 Å². The molecule has 0 aliphatic rings. The first-order valence-electron chi connectivity index (χ1n) is 10.3. The molecule has 0 fully saturated rings. The van der Waals surface area contributed by atoms with Crippen molar-refractivity contribution in [1.82, 2.24) is 5.43 Å². The van der Waals surface area contributed by atoms with Gasteiger partial charge < -0.3 is 18.9 Å². The first-order valence-corrected chi connectivity index (χ1v) is 10.3. The zero-order chi connectivity index (χ0) is 24.3. The average molecular weight is 460 g/mol. The van der Waals surface area contributed by atoms with E-state index in [-0.39, 0.29) is 5.91 Å². The predicted molar refractivity (Wildman–Crippen MR) is 128 cm³/mol. The highest BCUT2D eigenvalue weighted by molar-refractivity contribution is 5.95. The van der Waals surface area contributed by atoms with Crippen molar-refractivity contribution in [3.63, 3.8) is 0 Å². The maximum Gasteiger partial charge on any atom is 0.343 e. The third kappa shape index (κ3) is 6.46. The van der Waals surface area contributed by atoms with Gasteiger partial charge in [-0.1, -0.05) is 12.7 Å². The summed E-state index contributed by atoms with van der Waals surface area (Å²) in [6, 6.07) is 18.1. The van der Waals surface area contributed by atoms with E-state index in [1.807, 2.05) is 0 Å². The van der Waals surface area contributed by atoms with Gasteiger partial charge >= 0.3 is 5.97 Å². The van der Waals surface area contributed by atoms with Crippen LogP contribution in [0.5, 0.6) is 23.0 Å². The Bertz CT molecular complexity index is 1170. The summed E-state index contributed by atoms with van der Waals surface area (Å²) >= 11 is 0. The first-order chi connectivity index (χ1) is 16.5. The fraction of sp³-hybridized carbons (Fsp3) is 0.115. The smallest absolute Gasteiger partial charge is 0.343 e. The van der Waals surface area contributed by atoms with E-state index >= 15 is 0 Å². The van der Waals surface area contributed by atoms with Gasteiger partial charge in [-0.2, -0.15) is 5.10 Å². The van der Waals surface area contributed by atoms with Gasteiger partial charge in [-0.15, -0.1) is 0 Å². The number of methoxy groups -OCH3 is 2. The van der Waals surface area contributed by atoms with Crippen LogP contribution in [0.1, 0.15) is 26.3 Å². The molecule has 3 aromatic carbocycles. The van der Waals surface area contributed by atoms with Gasteiger partial charge in [0.15, 0.2) is 11.5 Å². The summed E-state index contributed by atoms with van der Waals surface area (Å²) in [6.07, 6.45) is 3.13. The lowest BCUT2D eigenvalue weighted by Crippen LogP contribution is -2.17. The molecule has 0 saturated heterocycles. The quantitative estimate of drug-likeness (QED) is 0.160. The Labute approximate surface area is 197 Å². The number of nitrogens with one attached hydrogen (secondary N) is 1. The molecule has 0 heterocycles. The number of nitrogens with zero attached hydrogens (tertiary/aromatic N) is 1. The van der Waals surface area contributed by atoms with Crippen molar-refractivity contribution in [2.45, 2.75) is 0 Å². The second-order valence-electron chi connectivity index (χ2n) is 6.85. The van der Waals surface area contributed by atoms with Crippen LogP contribution < -0.4 is 24.4 Å². The van der Waals surface area contributed by atoms with E-state index in [0.29, 0.717) is 46.3 Å². The lowest BCUT2D eigenvalue weighted by Gasteiger charge is -2.09. The average Bonchev–Trinajstić information content (AvgIpc) is 2.88. The minimum atomic E-state index is -0.532. The highest BCUT2D eigenvalue weighted by Gasteiger charge is 2.13. The number of carbonyl (C=O) groups excluding carboxylic acids is 2. The summed E-state index contributed by atoms with van der Waals surface area (Å²) in [4.78, 5) is 24.6. The molecule has 0 atom stereocenters. The Morgan fingerprint density at radius 1 is 0.882 bits per heavy atom. The zero-order valence-corrected chi connectivity index (χ0v) is 18.8. The Kier molecular flexibility index (Phi) is 8.40. The van der Waals surface area contributed by atoms with Gasteiger partial charge in [0.1, 0.15) is 18.1 Å². The molecule has 0 bridgehead atoms. The molecule has 34 heavy (non-hydrogen) atoms. The number of ether oxygens (including phenoxy) is 4. The summed E-state index contributed by atoms with van der Waals surface area (Å²) in [5, 5.41) is 3.96. The summed E-state index contributed by atoms with van der Waals surface area (Å²) in [7, 11) is 3.01. The highest BCUT2D eigenvalue weighted by Crippen LogP contribution is 2.28. The van der Waals surface area contributed by atoms with Crippen molar-refractivity contribution in [2.75, 3.05) is 20.8 Å². The fourth-order valence-electron chi connectivity index (χ4n) is 2.84. The molecule has 3 aromatic rings. The van der Waals surface area contributed by atoms with Gasteiger partial charge in [-0.3, -0.25) is 4.79 Å². The predicted octanol–water partition coefficient (Wildman–Crippen LogP) is 4.25. The molecule has 8 nitrogen and oxygen atoms in total. The van der Waals surface area contributed by atoms with Crippen molar-refractivity contribution in [3.05, 3.63) is 96.1 Å². The van der Waals surface area contributed by atoms with Gasteiger partial charge in [0.25, 0.3) is 5.91 Å². The topological polar surface area (TPSA) is 95.5 Å². The van der Waals surface area contributed by atoms with E-state index in [4.69, 9.17) is 18.9 Å². The molecule has 0 unspecified atom stereocenters. The van der Waals surface area contributed by atoms with Crippen LogP contribution in [-0.2, 0) is 0 Å². The molecule has 0 saturated carbocycles. The number of rotatable bonds is 10. The maximum atomic E-state index is 12.4. The van der Waals surface area contributed by atoms with Crippen molar-refractivity contribution in [3.8, 4) is 23.0 Å². The molecule has 174 valence electrons. The molecule has 0 radical (unpaired) electrons. The van der Waals surface area contributed by atoms with Crippen LogP contribution in [0, 0.1) is 0 Å². The standard InChI is InChI=1S/C26H24N2O6/c1-4-15-33-21-12-7-19(8-13-21)25(29)28-27-17-18-5-10-22(11-6-18)34-26(30)20-9-14-23(31-2)24(16-20)32-3/h4-14,16-17H,1,15H2,2-3H3,(H,28,29). The van der Waals surface area contributed by atoms with Crippen LogP contribution in [0.25, 0.3) is 0 Å². The van der Waals surface area contributed by atoms with Crippen LogP contribution in [0.15, 0.2) is 84.5 Å². The van der Waals surface area contributed by atoms with Gasteiger partial charge in [0, 0.05) is 5.56 Å². The summed E-state index contributed by atoms with van der Waals surface area (Å²) < 4.78 is 21.2. The number of benzene rings is 3. The van der Waals surface area contributed by atoms with Gasteiger partial charge in [-0.25, -0.2) is 10.2 Å². The Morgan fingerprint density at radius 3 is 2.18 bits per heavy atom. The normalized spacial score (nSPS) is 10.4. The third-order valence-electron chi connectivity index (χ3n) is 4.57. The number of esters is 1. The van der Waals surface area contributed by atoms with Crippen LogP contribution in [-0.4, -0.2) is 38.9 Å². The van der Waals surface area contributed by atoms with Crippen LogP contribution >= 0.6 is 0 Å². The van der Waals surface area contributed by atoms with E-state index in [9.17, 15) is 9.59 Å². The van der Waals surface area contributed by atoms with Crippen molar-refractivity contribution >= 4 is 18.1 Å². The molecule has 0 spiro atoms. The minimum absolute atomic E-state index is 0.325. The Hall–Kier alpha value is -4.59. The van der Waals surface area contributed by atoms with E-state index in [1.165, 1.54) is 20.4 Å². The molecule has 8 heteroatoms. The molecule has 1 N–H and O–H groups in total. The van der Waals surface area contributed by atoms with Crippen LogP contribution in [0.3, 0.4) is 0 Å². The molecular formula is C26H24N2O6. The van der Waals surface area contributed by atoms with Gasteiger partial charge in [0.05, 0.1) is 26.0 Å². The number of carbonyl (C=O) groups is 2. The SMILES string of the molecule is C=CCOc1ccc(C(=O)NN=Cc2ccc(OC(=O)c3ccc(OC)c(OC)c3)cc2)cc1. The van der Waals surface area contributed by atoms with Crippen LogP contribution in [0.2, 0.25) is 0 Å². The minimum Gasteiger partial charge on any atom is -0.493 e. The molecule has 0 aliphatic carbocycles. The largest absolute Gasteiger partial charge is 0.493 e. The molecule has 1 amide bonds. The van der Waals surface area contributed by atoms with Crippen molar-refractivity contribution in [1.29, 1.82) is 0 Å². The van der Waals surface area contributed by atoms with Gasteiger partial charge in [0.2, 0.25) is 0 Å². The highest BCUT2D eigenvalue weighted by atomic mass is 16.5. The lowest BCUT2D eigenvalue weighted by molar-refractivity contribution is 0.0734. The second kappa shape index (κ2) is 11.9. The molecule has 0 aromatic heterocycles. The Morgan fingerprint density at radius 2 is 1.53 bits per heavy atom. The fourth-order valence-corrected chi connectivity index (χ4v) is 2.84. The monoisotopic (exact) mass is 460 g/mol. The number of amides is 1. The maximum absolute atomic E-state index is 12.4. The van der Waals surface area contributed by atoms with Crippen LogP contribution in [0.4, 0.5) is 0 Å². The third-order valence-corrected chi connectivity index (χ3v) is 4.57. The van der Waals surface area contributed by atoms with E-state index in [2.05, 4.69) is 17.1 Å². The van der Waals surface area contributed by atoms with E-state index in [1.54, 1.807) is 72.8 Å². The molecular weight excluding hydrogens is 436 g/mol. The second-order valence-corrected chi connectivity index (χ2v) is 6.85. The zero-order valence-electron chi connectivity index (χ0n) is 18.8. The molecule has 0 aliphatic heterocycles. The summed E-state index contributed by atoms with van der Waals surface area (Å²) in [6.45, 7) is 3.98. The van der Waals surface area contributed by atoms with Crippen molar-refractivity contribution < 1.29 is 28.5 Å². The van der Waals surface area contributed by atoms with Gasteiger partial charge in [-0.05, 0) is 72.3 Å². The summed E-state index contributed by atoms with van der Waals surface area (Å²) in [5.74, 6) is 1.07. The van der Waals surface area contributed by atoms with E-state index < -0.39 is 5.97 Å². The number of hydrogen-bond acceptors (Lipinski definition) is 7. The molecule has 3 rings (SSSR count). The van der Waals surface area contributed by atoms with E-state index in [0.717, 1.165) is 0 Å².